The van der Waals surface area contributed by atoms with Crippen molar-refractivity contribution in [2.24, 2.45) is 0 Å². The van der Waals surface area contributed by atoms with Crippen molar-refractivity contribution >= 4 is 0 Å². The molecule has 2 aromatic rings. The van der Waals surface area contributed by atoms with Gasteiger partial charge in [-0.2, -0.15) is 0 Å². The van der Waals surface area contributed by atoms with Gasteiger partial charge in [0.05, 0.1) is 24.9 Å². The molecule has 1 N–H and O–H groups in total. The molecule has 2 aliphatic rings. The maximum absolute atomic E-state index is 11.2. The van der Waals surface area contributed by atoms with E-state index in [1.807, 2.05) is 50.2 Å². The smallest absolute Gasteiger partial charge is 0.161 e. The lowest BCUT2D eigenvalue weighted by atomic mass is 9.81. The quantitative estimate of drug-likeness (QED) is 0.590. The van der Waals surface area contributed by atoms with Crippen LogP contribution in [-0.4, -0.2) is 47.5 Å². The first-order chi connectivity index (χ1) is 16.1. The van der Waals surface area contributed by atoms with Crippen LogP contribution in [0, 0.1) is 0 Å². The van der Waals surface area contributed by atoms with Gasteiger partial charge in [0.1, 0.15) is 17.6 Å². The van der Waals surface area contributed by atoms with Crippen molar-refractivity contribution in [3.05, 3.63) is 53.6 Å². The zero-order valence-electron chi connectivity index (χ0n) is 21.3. The summed E-state index contributed by atoms with van der Waals surface area (Å²) in [5.74, 6) is 2.24. The number of aliphatic hydroxyl groups excluding tert-OH is 1. The van der Waals surface area contributed by atoms with Crippen molar-refractivity contribution in [2.45, 2.75) is 83.5 Å². The Kier molecular flexibility index (Phi) is 7.13. The fourth-order valence-electron chi connectivity index (χ4n) is 4.98. The molecular weight excluding hydrogens is 430 g/mol. The molecule has 6 nitrogen and oxygen atoms in total. The molecule has 0 aliphatic carbocycles. The minimum Gasteiger partial charge on any atom is -0.493 e. The summed E-state index contributed by atoms with van der Waals surface area (Å²) in [4.78, 5) is 2.10. The van der Waals surface area contributed by atoms with Crippen LogP contribution in [0.4, 0.5) is 0 Å². The van der Waals surface area contributed by atoms with Gasteiger partial charge in [-0.3, -0.25) is 4.90 Å². The topological polar surface area (TPSA) is 60.4 Å². The molecule has 0 bridgehead atoms. The van der Waals surface area contributed by atoms with Crippen LogP contribution in [0.5, 0.6) is 17.2 Å². The molecule has 0 radical (unpaired) electrons. The average Bonchev–Trinajstić information content (AvgIpc) is 2.78. The van der Waals surface area contributed by atoms with Gasteiger partial charge in [-0.1, -0.05) is 24.3 Å². The molecule has 2 atom stereocenters. The maximum atomic E-state index is 11.2. The number of likely N-dealkylation sites (tertiary alicyclic amines) is 1. The molecule has 6 heteroatoms. The summed E-state index contributed by atoms with van der Waals surface area (Å²) >= 11 is 0. The molecule has 4 rings (SSSR count). The molecular formula is C28H39NO5. The summed E-state index contributed by atoms with van der Waals surface area (Å²) in [6, 6.07) is 13.9. The van der Waals surface area contributed by atoms with Crippen molar-refractivity contribution in [3.63, 3.8) is 0 Å². The molecule has 1 saturated heterocycles. The van der Waals surface area contributed by atoms with Crippen molar-refractivity contribution in [3.8, 4) is 17.2 Å². The first-order valence-corrected chi connectivity index (χ1v) is 12.3. The van der Waals surface area contributed by atoms with Gasteiger partial charge in [0, 0.05) is 37.9 Å². The number of hydrogen-bond acceptors (Lipinski definition) is 6. The minimum absolute atomic E-state index is 0.000753. The highest BCUT2D eigenvalue weighted by molar-refractivity contribution is 5.44. The van der Waals surface area contributed by atoms with E-state index < -0.39 is 6.23 Å². The molecule has 186 valence electrons. The standard InChI is InChI=1S/C28H39NO5/c1-19(2)32-23-12-11-20(17-24(23)31-6)26(30)29-15-13-28(14-16-29)18-25(33-27(3,4)5)21-9-7-8-10-22(21)34-28/h7-12,17,19,25-26,30H,13-16,18H2,1-6H3. The molecule has 1 spiro atoms. The monoisotopic (exact) mass is 469 g/mol. The number of rotatable bonds is 6. The predicted molar refractivity (Wildman–Crippen MR) is 133 cm³/mol. The van der Waals surface area contributed by atoms with Crippen LogP contribution in [0.15, 0.2) is 42.5 Å². The van der Waals surface area contributed by atoms with Crippen LogP contribution in [0.2, 0.25) is 0 Å². The third-order valence-electron chi connectivity index (χ3n) is 6.55. The van der Waals surface area contributed by atoms with Crippen LogP contribution in [0.25, 0.3) is 0 Å². The number of aliphatic hydroxyl groups is 1. The van der Waals surface area contributed by atoms with E-state index in [-0.39, 0.29) is 23.4 Å². The number of para-hydroxylation sites is 1. The van der Waals surface area contributed by atoms with Crippen LogP contribution in [0.3, 0.4) is 0 Å². The Balaban J connectivity index is 1.47. The number of methoxy groups -OCH3 is 1. The number of ether oxygens (including phenoxy) is 4. The molecule has 2 heterocycles. The van der Waals surface area contributed by atoms with Crippen LogP contribution < -0.4 is 14.2 Å². The summed E-state index contributed by atoms with van der Waals surface area (Å²) in [5, 5.41) is 11.2. The van der Waals surface area contributed by atoms with Crippen LogP contribution >= 0.6 is 0 Å². The number of hydrogen-bond donors (Lipinski definition) is 1. The Morgan fingerprint density at radius 1 is 1.06 bits per heavy atom. The van der Waals surface area contributed by atoms with Gasteiger partial charge in [0.2, 0.25) is 0 Å². The number of fused-ring (bicyclic) bond motifs is 1. The minimum atomic E-state index is -0.711. The molecule has 0 amide bonds. The SMILES string of the molecule is COc1cc(C(O)N2CCC3(CC2)CC(OC(C)(C)C)c2ccccc2O3)ccc1OC(C)C. The zero-order valence-corrected chi connectivity index (χ0v) is 21.3. The van der Waals surface area contributed by atoms with Gasteiger partial charge < -0.3 is 24.1 Å². The highest BCUT2D eigenvalue weighted by Crippen LogP contribution is 2.47. The van der Waals surface area contributed by atoms with E-state index >= 15 is 0 Å². The molecule has 2 aromatic carbocycles. The Labute approximate surface area is 203 Å². The summed E-state index contributed by atoms with van der Waals surface area (Å²) in [6.07, 6.45) is 1.81. The second-order valence-corrected chi connectivity index (χ2v) is 10.7. The van der Waals surface area contributed by atoms with Gasteiger partial charge >= 0.3 is 0 Å². The van der Waals surface area contributed by atoms with Gasteiger partial charge in [0.25, 0.3) is 0 Å². The van der Waals surface area contributed by atoms with Gasteiger partial charge in [-0.25, -0.2) is 0 Å². The van der Waals surface area contributed by atoms with E-state index in [0.29, 0.717) is 11.5 Å². The number of piperidine rings is 1. The number of nitrogens with zero attached hydrogens (tertiary/aromatic N) is 1. The molecule has 2 unspecified atom stereocenters. The normalized spacial score (nSPS) is 21.1. The summed E-state index contributed by atoms with van der Waals surface area (Å²) in [5.41, 5.74) is 1.40. The van der Waals surface area contributed by atoms with E-state index in [2.05, 4.69) is 31.7 Å². The van der Waals surface area contributed by atoms with E-state index in [0.717, 1.165) is 49.2 Å². The van der Waals surface area contributed by atoms with E-state index in [9.17, 15) is 5.11 Å². The molecule has 2 aliphatic heterocycles. The van der Waals surface area contributed by atoms with Crippen molar-refractivity contribution in [1.29, 1.82) is 0 Å². The van der Waals surface area contributed by atoms with Gasteiger partial charge in [0.15, 0.2) is 11.5 Å². The lowest BCUT2D eigenvalue weighted by Gasteiger charge is -2.48. The first kappa shape index (κ1) is 24.8. The largest absolute Gasteiger partial charge is 0.493 e. The highest BCUT2D eigenvalue weighted by Gasteiger charge is 2.45. The van der Waals surface area contributed by atoms with Crippen molar-refractivity contribution in [2.75, 3.05) is 20.2 Å². The van der Waals surface area contributed by atoms with Crippen molar-refractivity contribution in [1.82, 2.24) is 4.90 Å². The van der Waals surface area contributed by atoms with Crippen LogP contribution in [0.1, 0.15) is 77.3 Å². The predicted octanol–water partition coefficient (Wildman–Crippen LogP) is 5.65. The highest BCUT2D eigenvalue weighted by atomic mass is 16.5. The summed E-state index contributed by atoms with van der Waals surface area (Å²) < 4.78 is 24.4. The molecule has 34 heavy (non-hydrogen) atoms. The Hall–Kier alpha value is -2.28. The summed E-state index contributed by atoms with van der Waals surface area (Å²) in [6.45, 7) is 11.7. The lowest BCUT2D eigenvalue weighted by molar-refractivity contribution is -0.130. The zero-order chi connectivity index (χ0) is 24.5. The van der Waals surface area contributed by atoms with Crippen LogP contribution in [-0.2, 0) is 4.74 Å². The second-order valence-electron chi connectivity index (χ2n) is 10.7. The third kappa shape index (κ3) is 5.51. The van der Waals surface area contributed by atoms with E-state index in [4.69, 9.17) is 18.9 Å². The van der Waals surface area contributed by atoms with E-state index in [1.165, 1.54) is 0 Å². The Morgan fingerprint density at radius 2 is 1.76 bits per heavy atom. The molecule has 1 fully saturated rings. The first-order valence-electron chi connectivity index (χ1n) is 12.3. The number of benzene rings is 2. The average molecular weight is 470 g/mol. The molecule has 0 saturated carbocycles. The van der Waals surface area contributed by atoms with E-state index in [1.54, 1.807) is 7.11 Å². The lowest BCUT2D eigenvalue weighted by Crippen LogP contribution is -2.51. The summed E-state index contributed by atoms with van der Waals surface area (Å²) in [7, 11) is 1.62. The Bertz CT molecular complexity index is 975. The van der Waals surface area contributed by atoms with Gasteiger partial charge in [-0.05, 0) is 58.4 Å². The second kappa shape index (κ2) is 9.76. The maximum Gasteiger partial charge on any atom is 0.161 e. The van der Waals surface area contributed by atoms with Crippen molar-refractivity contribution < 1.29 is 24.1 Å². The fraction of sp³-hybridized carbons (Fsp3) is 0.571. The third-order valence-corrected chi connectivity index (χ3v) is 6.55. The molecule has 0 aromatic heterocycles. The Morgan fingerprint density at radius 3 is 2.41 bits per heavy atom. The fourth-order valence-corrected chi connectivity index (χ4v) is 4.98. The van der Waals surface area contributed by atoms with Gasteiger partial charge in [-0.15, -0.1) is 0 Å².